The van der Waals surface area contributed by atoms with E-state index in [9.17, 15) is 4.79 Å². The van der Waals surface area contributed by atoms with Crippen LogP contribution in [0, 0.1) is 11.3 Å². The van der Waals surface area contributed by atoms with E-state index in [1.807, 2.05) is 13.8 Å². The van der Waals surface area contributed by atoms with Crippen molar-refractivity contribution in [2.75, 3.05) is 13.7 Å². The van der Waals surface area contributed by atoms with Crippen molar-refractivity contribution < 1.29 is 9.53 Å². The van der Waals surface area contributed by atoms with Gasteiger partial charge in [0.15, 0.2) is 0 Å². The summed E-state index contributed by atoms with van der Waals surface area (Å²) in [5, 5.41) is 10.4. The molecule has 0 aliphatic rings. The molecule has 15 heavy (non-hydrogen) atoms. The van der Waals surface area contributed by atoms with Crippen LogP contribution in [0.3, 0.4) is 0 Å². The van der Waals surface area contributed by atoms with Crippen LogP contribution in [0.5, 0.6) is 0 Å². The fourth-order valence-electron chi connectivity index (χ4n) is 0.982. The van der Waals surface area contributed by atoms with Crippen molar-refractivity contribution in [2.45, 2.75) is 20.8 Å². The fourth-order valence-corrected chi connectivity index (χ4v) is 0.982. The molecule has 0 saturated heterocycles. The molecular weight excluding hydrogens is 194 g/mol. The van der Waals surface area contributed by atoms with Gasteiger partial charge in [-0.25, -0.2) is 4.79 Å². The van der Waals surface area contributed by atoms with E-state index < -0.39 is 5.97 Å². The Hall–Kier alpha value is -1.52. The normalized spacial score (nSPS) is 12.1. The summed E-state index contributed by atoms with van der Waals surface area (Å²) in [5.41, 5.74) is 5.91. The van der Waals surface area contributed by atoms with Gasteiger partial charge in [0.2, 0.25) is 0 Å². The summed E-state index contributed by atoms with van der Waals surface area (Å²) in [6.07, 6.45) is 0. The lowest BCUT2D eigenvalue weighted by Crippen LogP contribution is -2.28. The van der Waals surface area contributed by atoms with Gasteiger partial charge >= 0.3 is 5.97 Å². The van der Waals surface area contributed by atoms with Crippen LogP contribution in [0.4, 0.5) is 0 Å². The molecule has 0 aliphatic carbocycles. The van der Waals surface area contributed by atoms with Crippen molar-refractivity contribution in [1.29, 1.82) is 5.41 Å². The quantitative estimate of drug-likeness (QED) is 0.355. The maximum atomic E-state index is 11.5. The number of carbonyl (C=O) groups excluding carboxylic acids is 1. The molecule has 0 aliphatic heterocycles. The summed E-state index contributed by atoms with van der Waals surface area (Å²) >= 11 is 0. The fraction of sp³-hybridized carbons (Fsp3) is 0.600. The summed E-state index contributed by atoms with van der Waals surface area (Å²) < 4.78 is 4.84. The number of carbonyl (C=O) groups is 1. The molecule has 0 radical (unpaired) electrons. The zero-order valence-corrected chi connectivity index (χ0v) is 9.68. The number of hydrogen-bond acceptors (Lipinski definition) is 5. The maximum Gasteiger partial charge on any atom is 0.343 e. The first kappa shape index (κ1) is 13.5. The van der Waals surface area contributed by atoms with Crippen LogP contribution in [0.2, 0.25) is 0 Å². The van der Waals surface area contributed by atoms with Crippen molar-refractivity contribution in [3.63, 3.8) is 0 Å². The lowest BCUT2D eigenvalue weighted by molar-refractivity contribution is -0.138. The van der Waals surface area contributed by atoms with Crippen molar-refractivity contribution in [2.24, 2.45) is 11.7 Å². The second-order valence-corrected chi connectivity index (χ2v) is 3.33. The molecule has 0 fully saturated rings. The standard InChI is InChI=1S/C10H19N3O2/c1-5-15-10(14)7(9(12)13-4)8(11)6(2)3/h6,11,13H,5,12H2,1-4H3/b9-7+,11-8?. The van der Waals surface area contributed by atoms with Crippen LogP contribution in [0.15, 0.2) is 11.4 Å². The SMILES string of the molecule is CCOC(=O)/C(C(=N)C(C)C)=C(\N)NC. The van der Waals surface area contributed by atoms with Crippen molar-refractivity contribution in [1.82, 2.24) is 5.32 Å². The third kappa shape index (κ3) is 3.61. The Morgan fingerprint density at radius 1 is 1.53 bits per heavy atom. The van der Waals surface area contributed by atoms with Gasteiger partial charge in [0.05, 0.1) is 12.3 Å². The topological polar surface area (TPSA) is 88.2 Å². The Balaban J connectivity index is 5.08. The van der Waals surface area contributed by atoms with E-state index in [0.29, 0.717) is 0 Å². The maximum absolute atomic E-state index is 11.5. The highest BCUT2D eigenvalue weighted by Gasteiger charge is 2.21. The number of esters is 1. The summed E-state index contributed by atoms with van der Waals surface area (Å²) in [5.74, 6) is -0.452. The molecule has 0 bridgehead atoms. The van der Waals surface area contributed by atoms with E-state index in [2.05, 4.69) is 5.32 Å². The third-order valence-corrected chi connectivity index (χ3v) is 1.86. The van der Waals surface area contributed by atoms with E-state index in [0.717, 1.165) is 0 Å². The van der Waals surface area contributed by atoms with Gasteiger partial charge in [0.1, 0.15) is 11.4 Å². The second-order valence-electron chi connectivity index (χ2n) is 3.33. The van der Waals surface area contributed by atoms with Gasteiger partial charge in [-0.05, 0) is 12.8 Å². The molecule has 0 unspecified atom stereocenters. The molecule has 5 heteroatoms. The van der Waals surface area contributed by atoms with E-state index >= 15 is 0 Å². The highest BCUT2D eigenvalue weighted by Crippen LogP contribution is 2.10. The second kappa shape index (κ2) is 6.06. The van der Waals surface area contributed by atoms with E-state index in [-0.39, 0.29) is 29.6 Å². The Bertz CT molecular complexity index is 282. The molecule has 5 nitrogen and oxygen atoms in total. The molecule has 0 rings (SSSR count). The average Bonchev–Trinajstić information content (AvgIpc) is 2.17. The van der Waals surface area contributed by atoms with E-state index in [1.165, 1.54) is 0 Å². The summed E-state index contributed by atoms with van der Waals surface area (Å²) in [6, 6.07) is 0. The van der Waals surface area contributed by atoms with Crippen molar-refractivity contribution in [3.05, 3.63) is 11.4 Å². The highest BCUT2D eigenvalue weighted by atomic mass is 16.5. The summed E-state index contributed by atoms with van der Waals surface area (Å²) in [6.45, 7) is 5.63. The van der Waals surface area contributed by atoms with Crippen molar-refractivity contribution in [3.8, 4) is 0 Å². The van der Waals surface area contributed by atoms with Crippen LogP contribution in [0.1, 0.15) is 20.8 Å². The van der Waals surface area contributed by atoms with Gasteiger partial charge in [-0.15, -0.1) is 0 Å². The molecule has 0 aromatic rings. The van der Waals surface area contributed by atoms with Gasteiger partial charge in [0, 0.05) is 7.05 Å². The Kier molecular flexibility index (Phi) is 5.44. The molecule has 86 valence electrons. The van der Waals surface area contributed by atoms with Gasteiger partial charge in [-0.1, -0.05) is 13.8 Å². The Labute approximate surface area is 90.2 Å². The first-order valence-electron chi connectivity index (χ1n) is 4.89. The molecule has 0 aromatic carbocycles. The first-order valence-corrected chi connectivity index (χ1v) is 4.89. The number of ether oxygens (including phenoxy) is 1. The molecular formula is C10H19N3O2. The summed E-state index contributed by atoms with van der Waals surface area (Å²) in [4.78, 5) is 11.5. The minimum Gasteiger partial charge on any atom is -0.462 e. The third-order valence-electron chi connectivity index (χ3n) is 1.86. The minimum absolute atomic E-state index is 0.0729. The van der Waals surface area contributed by atoms with Gasteiger partial charge in [-0.3, -0.25) is 0 Å². The minimum atomic E-state index is -0.553. The smallest absolute Gasteiger partial charge is 0.343 e. The van der Waals surface area contributed by atoms with E-state index in [4.69, 9.17) is 15.9 Å². The largest absolute Gasteiger partial charge is 0.462 e. The van der Waals surface area contributed by atoms with Crippen LogP contribution in [-0.4, -0.2) is 25.3 Å². The average molecular weight is 213 g/mol. The highest BCUT2D eigenvalue weighted by molar-refractivity contribution is 6.19. The molecule has 0 heterocycles. The van der Waals surface area contributed by atoms with Crippen molar-refractivity contribution >= 4 is 11.7 Å². The summed E-state index contributed by atoms with van der Waals surface area (Å²) in [7, 11) is 1.60. The van der Waals surface area contributed by atoms with Crippen LogP contribution in [0.25, 0.3) is 0 Å². The van der Waals surface area contributed by atoms with Crippen LogP contribution < -0.4 is 11.1 Å². The zero-order valence-electron chi connectivity index (χ0n) is 9.68. The Morgan fingerprint density at radius 3 is 2.40 bits per heavy atom. The number of rotatable bonds is 5. The monoisotopic (exact) mass is 213 g/mol. The number of hydrogen-bond donors (Lipinski definition) is 3. The molecule has 0 spiro atoms. The van der Waals surface area contributed by atoms with Gasteiger partial charge in [0.25, 0.3) is 0 Å². The lowest BCUT2D eigenvalue weighted by Gasteiger charge is -2.14. The number of nitrogens with one attached hydrogen (secondary N) is 2. The molecule has 0 amide bonds. The molecule has 0 aromatic heterocycles. The zero-order chi connectivity index (χ0) is 12.0. The molecule has 0 saturated carbocycles. The molecule has 4 N–H and O–H groups in total. The van der Waals surface area contributed by atoms with Gasteiger partial charge in [-0.2, -0.15) is 0 Å². The lowest BCUT2D eigenvalue weighted by atomic mass is 10.00. The van der Waals surface area contributed by atoms with Crippen LogP contribution in [-0.2, 0) is 9.53 Å². The van der Waals surface area contributed by atoms with E-state index in [1.54, 1.807) is 14.0 Å². The predicted octanol–water partition coefficient (Wildman–Crippen LogP) is 0.615. The first-order chi connectivity index (χ1) is 6.95. The van der Waals surface area contributed by atoms with Crippen LogP contribution >= 0.6 is 0 Å². The molecule has 0 atom stereocenters. The predicted molar refractivity (Wildman–Crippen MR) is 59.5 cm³/mol. The number of nitrogens with two attached hydrogens (primary N) is 1. The van der Waals surface area contributed by atoms with Gasteiger partial charge < -0.3 is 21.2 Å². The Morgan fingerprint density at radius 2 is 2.07 bits per heavy atom.